The summed E-state index contributed by atoms with van der Waals surface area (Å²) >= 11 is 0. The van der Waals surface area contributed by atoms with Gasteiger partial charge in [0, 0.05) is 12.0 Å². The molecule has 0 heterocycles. The van der Waals surface area contributed by atoms with Crippen LogP contribution in [-0.2, 0) is 0 Å². The van der Waals surface area contributed by atoms with Crippen molar-refractivity contribution < 1.29 is 4.39 Å². The lowest BCUT2D eigenvalue weighted by Crippen LogP contribution is -2.00. The molecular formula is C9H10FN. The highest BCUT2D eigenvalue weighted by atomic mass is 18.2. The first-order chi connectivity index (χ1) is 5.27. The molecule has 0 aromatic heterocycles. The molecule has 0 spiro atoms. The summed E-state index contributed by atoms with van der Waals surface area (Å²) in [5.74, 6) is 0.304. The van der Waals surface area contributed by atoms with Gasteiger partial charge in [-0.3, -0.25) is 0 Å². The van der Waals surface area contributed by atoms with Crippen LogP contribution in [0.3, 0.4) is 0 Å². The van der Waals surface area contributed by atoms with Crippen LogP contribution < -0.4 is 5.73 Å². The molecule has 1 nitrogen and oxygen atoms in total. The molecule has 1 aromatic rings. The fourth-order valence-electron chi connectivity index (χ4n) is 1.31. The average molecular weight is 150 g/mol. The van der Waals surface area contributed by atoms with Crippen molar-refractivity contribution in [1.29, 1.82) is 0 Å². The molecule has 0 bridgehead atoms. The van der Waals surface area contributed by atoms with Crippen LogP contribution >= 0.6 is 0 Å². The molecule has 0 radical (unpaired) electrons. The van der Waals surface area contributed by atoms with E-state index in [0.717, 1.165) is 6.42 Å². The molecule has 11 heavy (non-hydrogen) atoms. The van der Waals surface area contributed by atoms with E-state index in [1.165, 1.54) is 17.7 Å². The lowest BCUT2D eigenvalue weighted by atomic mass is 10.1. The third kappa shape index (κ3) is 1.26. The molecule has 2 heteroatoms. The maximum Gasteiger partial charge on any atom is 0.123 e. The molecule has 0 aliphatic heterocycles. The first-order valence-electron chi connectivity index (χ1n) is 3.78. The smallest absolute Gasteiger partial charge is 0.123 e. The fraction of sp³-hybridized carbons (Fsp3) is 0.333. The standard InChI is InChI=1S/C9H10FN/c10-7-3-1-6(2-4-7)8-5-9(8)11/h1-4,8-9H,5,11H2/t8-,9+/m0/s1/i10-1. The van der Waals surface area contributed by atoms with Crippen LogP contribution in [0, 0.1) is 5.82 Å². The van der Waals surface area contributed by atoms with Crippen molar-refractivity contribution >= 4 is 0 Å². The van der Waals surface area contributed by atoms with Crippen molar-refractivity contribution in [2.24, 2.45) is 5.73 Å². The summed E-state index contributed by atoms with van der Waals surface area (Å²) in [4.78, 5) is 0. The second-order valence-corrected chi connectivity index (χ2v) is 3.06. The van der Waals surface area contributed by atoms with Crippen molar-refractivity contribution in [2.75, 3.05) is 0 Å². The first-order valence-corrected chi connectivity index (χ1v) is 3.78. The number of benzene rings is 1. The zero-order valence-corrected chi connectivity index (χ0v) is 6.13. The first kappa shape index (κ1) is 6.80. The SMILES string of the molecule is N[C@@H]1C[C@H]1c1ccc([18F])cc1. The van der Waals surface area contributed by atoms with Gasteiger partial charge in [-0.25, -0.2) is 4.39 Å². The van der Waals surface area contributed by atoms with Gasteiger partial charge >= 0.3 is 0 Å². The van der Waals surface area contributed by atoms with Gasteiger partial charge in [-0.2, -0.15) is 0 Å². The largest absolute Gasteiger partial charge is 0.327 e. The molecule has 2 atom stereocenters. The van der Waals surface area contributed by atoms with E-state index in [-0.39, 0.29) is 5.82 Å². The van der Waals surface area contributed by atoms with Gasteiger partial charge in [0.25, 0.3) is 0 Å². The minimum absolute atomic E-state index is 0.178. The summed E-state index contributed by atoms with van der Waals surface area (Å²) in [7, 11) is 0. The van der Waals surface area contributed by atoms with Crippen molar-refractivity contribution in [3.05, 3.63) is 35.6 Å². The Bertz CT molecular complexity index is 255. The van der Waals surface area contributed by atoms with Crippen LogP contribution in [0.15, 0.2) is 24.3 Å². The summed E-state index contributed by atoms with van der Waals surface area (Å²) < 4.78 is 12.4. The summed E-state index contributed by atoms with van der Waals surface area (Å²) in [6.45, 7) is 0. The van der Waals surface area contributed by atoms with Gasteiger partial charge in [0.2, 0.25) is 0 Å². The van der Waals surface area contributed by atoms with Gasteiger partial charge in [-0.05, 0) is 24.1 Å². The zero-order valence-electron chi connectivity index (χ0n) is 6.13. The van der Waals surface area contributed by atoms with E-state index in [4.69, 9.17) is 5.73 Å². The minimum atomic E-state index is -0.178. The number of halogens is 1. The van der Waals surface area contributed by atoms with E-state index in [1.807, 2.05) is 12.1 Å². The van der Waals surface area contributed by atoms with Gasteiger partial charge in [0.15, 0.2) is 0 Å². The zero-order chi connectivity index (χ0) is 7.84. The molecule has 58 valence electrons. The Kier molecular flexibility index (Phi) is 1.43. The van der Waals surface area contributed by atoms with Crippen molar-refractivity contribution in [3.63, 3.8) is 0 Å². The molecule has 1 fully saturated rings. The van der Waals surface area contributed by atoms with Gasteiger partial charge < -0.3 is 5.73 Å². The lowest BCUT2D eigenvalue weighted by Gasteiger charge is -1.96. The van der Waals surface area contributed by atoms with E-state index >= 15 is 0 Å². The number of nitrogens with two attached hydrogens (primary N) is 1. The molecule has 1 aliphatic rings. The molecule has 0 amide bonds. The molecular weight excluding hydrogens is 140 g/mol. The maximum absolute atomic E-state index is 12.4. The Balaban J connectivity index is 2.21. The van der Waals surface area contributed by atoms with E-state index in [0.29, 0.717) is 12.0 Å². The fourth-order valence-corrected chi connectivity index (χ4v) is 1.31. The van der Waals surface area contributed by atoms with Gasteiger partial charge in [-0.15, -0.1) is 0 Å². The topological polar surface area (TPSA) is 26.0 Å². The maximum atomic E-state index is 12.4. The normalized spacial score (nSPS) is 28.5. The van der Waals surface area contributed by atoms with Gasteiger partial charge in [0.1, 0.15) is 5.82 Å². The van der Waals surface area contributed by atoms with Crippen molar-refractivity contribution in [1.82, 2.24) is 0 Å². The highest BCUT2D eigenvalue weighted by Gasteiger charge is 2.34. The summed E-state index contributed by atoms with van der Waals surface area (Å²) in [6, 6.07) is 6.90. The molecule has 0 unspecified atom stereocenters. The van der Waals surface area contributed by atoms with E-state index in [2.05, 4.69) is 0 Å². The van der Waals surface area contributed by atoms with Crippen molar-refractivity contribution in [2.45, 2.75) is 18.4 Å². The van der Waals surface area contributed by atoms with Gasteiger partial charge in [0.05, 0.1) is 0 Å². The Hall–Kier alpha value is -0.890. The Labute approximate surface area is 65.0 Å². The Morgan fingerprint density at radius 1 is 1.27 bits per heavy atom. The predicted molar refractivity (Wildman–Crippen MR) is 41.7 cm³/mol. The highest BCUT2D eigenvalue weighted by molar-refractivity contribution is 5.27. The van der Waals surface area contributed by atoms with E-state index < -0.39 is 0 Å². The molecule has 0 saturated heterocycles. The highest BCUT2D eigenvalue weighted by Crippen LogP contribution is 2.38. The molecule has 2 rings (SSSR count). The molecule has 1 aliphatic carbocycles. The van der Waals surface area contributed by atoms with Crippen LogP contribution in [0.4, 0.5) is 4.39 Å². The Morgan fingerprint density at radius 2 is 1.82 bits per heavy atom. The van der Waals surface area contributed by atoms with Crippen LogP contribution in [-0.4, -0.2) is 6.04 Å². The van der Waals surface area contributed by atoms with E-state index in [9.17, 15) is 4.39 Å². The second-order valence-electron chi connectivity index (χ2n) is 3.06. The van der Waals surface area contributed by atoms with E-state index in [1.54, 1.807) is 0 Å². The average Bonchev–Trinajstić information content (AvgIpc) is 2.69. The number of hydrogen-bond donors (Lipinski definition) is 1. The minimum Gasteiger partial charge on any atom is -0.327 e. The number of rotatable bonds is 1. The monoisotopic (exact) mass is 150 g/mol. The molecule has 1 aromatic carbocycles. The van der Waals surface area contributed by atoms with Crippen LogP contribution in [0.5, 0.6) is 0 Å². The summed E-state index contributed by atoms with van der Waals surface area (Å²) in [6.07, 6.45) is 1.05. The number of hydrogen-bond acceptors (Lipinski definition) is 1. The second kappa shape index (κ2) is 2.31. The van der Waals surface area contributed by atoms with Crippen molar-refractivity contribution in [3.8, 4) is 0 Å². The third-order valence-corrected chi connectivity index (χ3v) is 2.14. The quantitative estimate of drug-likeness (QED) is 0.647. The lowest BCUT2D eigenvalue weighted by molar-refractivity contribution is 0.627. The van der Waals surface area contributed by atoms with Crippen LogP contribution in [0.1, 0.15) is 17.9 Å². The Morgan fingerprint density at radius 3 is 2.27 bits per heavy atom. The van der Waals surface area contributed by atoms with Gasteiger partial charge in [-0.1, -0.05) is 12.1 Å². The summed E-state index contributed by atoms with van der Waals surface area (Å²) in [5, 5.41) is 0. The third-order valence-electron chi connectivity index (χ3n) is 2.14. The van der Waals surface area contributed by atoms with Crippen LogP contribution in [0.2, 0.25) is 0 Å². The molecule has 2 N–H and O–H groups in total. The van der Waals surface area contributed by atoms with Crippen LogP contribution in [0.25, 0.3) is 0 Å². The summed E-state index contributed by atoms with van der Waals surface area (Å²) in [5.41, 5.74) is 6.81. The predicted octanol–water partition coefficient (Wildman–Crippen LogP) is 1.64. The molecule has 1 saturated carbocycles.